The third-order valence-corrected chi connectivity index (χ3v) is 7.44. The molecule has 0 unspecified atom stereocenters. The van der Waals surface area contributed by atoms with E-state index in [0.717, 1.165) is 11.8 Å². The molecular formula is C27H30F7N5O4. The summed E-state index contributed by atoms with van der Waals surface area (Å²) in [5, 5.41) is 7.12. The topological polar surface area (TPSA) is 108 Å². The van der Waals surface area contributed by atoms with E-state index in [1.54, 1.807) is 25.5 Å². The van der Waals surface area contributed by atoms with Gasteiger partial charge in [0.15, 0.2) is 11.2 Å². The molecular weight excluding hydrogens is 591 g/mol. The Balaban J connectivity index is 0.000000646. The number of halogens is 7. The third-order valence-electron chi connectivity index (χ3n) is 7.44. The number of likely N-dealkylation sites (tertiary alicyclic amines) is 1. The summed E-state index contributed by atoms with van der Waals surface area (Å²) in [6.45, 7) is 5.33. The molecule has 1 aromatic carbocycles. The SMILES string of the molecule is CC(=O)N1CCC(F)(C(=O)N2Cc3c(n(C)c(C)n/c3=N\[C@H](C)c3cccc(C(F)F)c3F)C2)CC1.O=C(O)C(F)(F)F. The van der Waals surface area contributed by atoms with Crippen molar-refractivity contribution in [1.29, 1.82) is 0 Å². The van der Waals surface area contributed by atoms with Gasteiger partial charge in [0, 0.05) is 56.7 Å². The Morgan fingerprint density at radius 1 is 1.07 bits per heavy atom. The monoisotopic (exact) mass is 621 g/mol. The molecule has 0 spiro atoms. The average molecular weight is 622 g/mol. The maximum atomic E-state index is 15.7. The van der Waals surface area contributed by atoms with Crippen LogP contribution in [0.25, 0.3) is 0 Å². The van der Waals surface area contributed by atoms with Gasteiger partial charge in [0.05, 0.1) is 24.7 Å². The van der Waals surface area contributed by atoms with Crippen molar-refractivity contribution in [3.63, 3.8) is 0 Å². The number of carbonyl (C=O) groups excluding carboxylic acids is 2. The number of piperidine rings is 1. The molecule has 1 saturated heterocycles. The number of amides is 2. The van der Waals surface area contributed by atoms with Gasteiger partial charge in [-0.2, -0.15) is 13.2 Å². The number of alkyl halides is 6. The van der Waals surface area contributed by atoms with Crippen LogP contribution in [0.5, 0.6) is 0 Å². The van der Waals surface area contributed by atoms with Crippen LogP contribution in [0.3, 0.4) is 0 Å². The van der Waals surface area contributed by atoms with Crippen molar-refractivity contribution in [2.24, 2.45) is 12.0 Å². The molecule has 0 saturated carbocycles. The smallest absolute Gasteiger partial charge is 0.475 e. The van der Waals surface area contributed by atoms with Crippen molar-refractivity contribution in [2.75, 3.05) is 13.1 Å². The Labute approximate surface area is 241 Å². The minimum atomic E-state index is -5.08. The van der Waals surface area contributed by atoms with Crippen molar-refractivity contribution < 1.29 is 50.2 Å². The molecule has 2 aliphatic heterocycles. The predicted molar refractivity (Wildman–Crippen MR) is 137 cm³/mol. The van der Waals surface area contributed by atoms with Crippen LogP contribution in [0, 0.1) is 12.7 Å². The number of hydrogen-bond acceptors (Lipinski definition) is 5. The number of carboxylic acids is 1. The summed E-state index contributed by atoms with van der Waals surface area (Å²) >= 11 is 0. The van der Waals surface area contributed by atoms with Gasteiger partial charge in [0.25, 0.3) is 12.3 Å². The van der Waals surface area contributed by atoms with Gasteiger partial charge in [-0.3, -0.25) is 14.6 Å². The molecule has 4 rings (SSSR count). The third kappa shape index (κ3) is 7.33. The Hall–Kier alpha value is -3.98. The van der Waals surface area contributed by atoms with E-state index in [1.165, 1.54) is 28.9 Å². The number of hydrogen-bond donors (Lipinski definition) is 1. The minimum absolute atomic E-state index is 0.0140. The van der Waals surface area contributed by atoms with Crippen LogP contribution in [-0.2, 0) is 34.5 Å². The van der Waals surface area contributed by atoms with Gasteiger partial charge in [-0.1, -0.05) is 18.2 Å². The number of benzene rings is 1. The molecule has 0 aliphatic carbocycles. The van der Waals surface area contributed by atoms with E-state index < -0.39 is 47.6 Å². The number of aliphatic carboxylic acids is 1. The second-order valence-corrected chi connectivity index (χ2v) is 10.3. The number of aromatic nitrogens is 2. The fourth-order valence-electron chi connectivity index (χ4n) is 4.85. The summed E-state index contributed by atoms with van der Waals surface area (Å²) in [7, 11) is 1.78. The van der Waals surface area contributed by atoms with Gasteiger partial charge in [-0.05, 0) is 13.8 Å². The van der Waals surface area contributed by atoms with Crippen molar-refractivity contribution in [2.45, 2.75) is 71.0 Å². The fourth-order valence-corrected chi connectivity index (χ4v) is 4.85. The zero-order chi connectivity index (χ0) is 32.4. The van der Waals surface area contributed by atoms with Crippen LogP contribution in [0.2, 0.25) is 0 Å². The predicted octanol–water partition coefficient (Wildman–Crippen LogP) is 4.29. The van der Waals surface area contributed by atoms with Crippen LogP contribution < -0.4 is 5.49 Å². The molecule has 0 radical (unpaired) electrons. The van der Waals surface area contributed by atoms with Gasteiger partial charge >= 0.3 is 12.1 Å². The van der Waals surface area contributed by atoms with E-state index in [9.17, 15) is 35.9 Å². The summed E-state index contributed by atoms with van der Waals surface area (Å²) < 4.78 is 90.2. The number of carboxylic acid groups (broad SMARTS) is 1. The Morgan fingerprint density at radius 3 is 2.14 bits per heavy atom. The quantitative estimate of drug-likeness (QED) is 0.513. The van der Waals surface area contributed by atoms with E-state index in [1.807, 2.05) is 0 Å². The van der Waals surface area contributed by atoms with Crippen molar-refractivity contribution in [1.82, 2.24) is 19.4 Å². The van der Waals surface area contributed by atoms with Gasteiger partial charge in [0.1, 0.15) is 11.6 Å². The molecule has 3 heterocycles. The lowest BCUT2D eigenvalue weighted by Gasteiger charge is -2.36. The van der Waals surface area contributed by atoms with Crippen molar-refractivity contribution in [3.8, 4) is 0 Å². The average Bonchev–Trinajstić information content (AvgIpc) is 3.37. The summed E-state index contributed by atoms with van der Waals surface area (Å²) in [6, 6.07) is 2.98. The summed E-state index contributed by atoms with van der Waals surface area (Å²) in [5.74, 6) is -3.98. The molecule has 1 fully saturated rings. The lowest BCUT2D eigenvalue weighted by atomic mass is 9.91. The van der Waals surface area contributed by atoms with Crippen LogP contribution in [0.1, 0.15) is 67.4 Å². The largest absolute Gasteiger partial charge is 0.490 e. The normalized spacial score (nSPS) is 17.3. The summed E-state index contributed by atoms with van der Waals surface area (Å²) in [6.07, 6.45) is -8.18. The van der Waals surface area contributed by atoms with E-state index in [4.69, 9.17) is 9.90 Å². The molecule has 236 valence electrons. The van der Waals surface area contributed by atoms with Gasteiger partial charge in [-0.25, -0.2) is 27.3 Å². The lowest BCUT2D eigenvalue weighted by molar-refractivity contribution is -0.192. The molecule has 1 atom stereocenters. The first-order valence-electron chi connectivity index (χ1n) is 13.1. The number of fused-ring (bicyclic) bond motifs is 1. The molecule has 2 aromatic rings. The Bertz CT molecular complexity index is 1470. The standard InChI is InChI=1S/C25H29F4N5O2.C2HF3O2/c1-14(17-6-5-7-18(21(17)26)22(27)28)30-23-19-12-34(13-20(19)32(4)15(2)31-23)24(36)25(29)8-10-33(11-9-25)16(3)35;3-2(4,5)1(6)7/h5-7,14,22H,8-13H2,1-4H3;(H,6,7)/b30-23-;/t14-;/m1./s1. The van der Waals surface area contributed by atoms with Crippen molar-refractivity contribution in [3.05, 3.63) is 57.7 Å². The van der Waals surface area contributed by atoms with Crippen LogP contribution in [-0.4, -0.2) is 67.2 Å². The van der Waals surface area contributed by atoms with E-state index >= 15 is 4.39 Å². The Morgan fingerprint density at radius 2 is 1.63 bits per heavy atom. The van der Waals surface area contributed by atoms with Crippen LogP contribution in [0.15, 0.2) is 23.2 Å². The molecule has 2 aliphatic rings. The fraction of sp³-hybridized carbons (Fsp3) is 0.519. The zero-order valence-corrected chi connectivity index (χ0v) is 23.7. The highest BCUT2D eigenvalue weighted by atomic mass is 19.4. The van der Waals surface area contributed by atoms with E-state index in [0.29, 0.717) is 11.4 Å². The van der Waals surface area contributed by atoms with Crippen LogP contribution >= 0.6 is 0 Å². The van der Waals surface area contributed by atoms with Gasteiger partial charge in [0.2, 0.25) is 5.91 Å². The first-order chi connectivity index (χ1) is 19.9. The lowest BCUT2D eigenvalue weighted by Crippen LogP contribution is -2.52. The molecule has 9 nitrogen and oxygen atoms in total. The highest BCUT2D eigenvalue weighted by Crippen LogP contribution is 2.33. The Kier molecular flexibility index (Phi) is 9.91. The molecule has 1 N–H and O–H groups in total. The maximum absolute atomic E-state index is 15.7. The van der Waals surface area contributed by atoms with Crippen LogP contribution in [0.4, 0.5) is 30.7 Å². The highest BCUT2D eigenvalue weighted by molar-refractivity contribution is 5.86. The molecule has 0 bridgehead atoms. The highest BCUT2D eigenvalue weighted by Gasteiger charge is 2.46. The van der Waals surface area contributed by atoms with Gasteiger partial charge in [-0.15, -0.1) is 0 Å². The molecule has 2 amide bonds. The first-order valence-corrected chi connectivity index (χ1v) is 13.1. The summed E-state index contributed by atoms with van der Waals surface area (Å²) in [4.78, 5) is 45.7. The second kappa shape index (κ2) is 12.7. The number of aryl methyl sites for hydroxylation is 1. The molecule has 1 aromatic heterocycles. The van der Waals surface area contributed by atoms with Gasteiger partial charge < -0.3 is 19.5 Å². The molecule has 16 heteroatoms. The molecule has 43 heavy (non-hydrogen) atoms. The minimum Gasteiger partial charge on any atom is -0.475 e. The first kappa shape index (κ1) is 33.5. The maximum Gasteiger partial charge on any atom is 0.490 e. The van der Waals surface area contributed by atoms with E-state index in [-0.39, 0.29) is 56.0 Å². The second-order valence-electron chi connectivity index (χ2n) is 10.3. The van der Waals surface area contributed by atoms with E-state index in [2.05, 4.69) is 9.98 Å². The number of carbonyl (C=O) groups is 3. The summed E-state index contributed by atoms with van der Waals surface area (Å²) in [5.41, 5.74) is -1.14. The van der Waals surface area contributed by atoms with Crippen molar-refractivity contribution >= 4 is 17.8 Å². The number of rotatable bonds is 4. The number of nitrogens with zero attached hydrogens (tertiary/aromatic N) is 5. The zero-order valence-electron chi connectivity index (χ0n) is 23.7.